The van der Waals surface area contributed by atoms with Crippen molar-refractivity contribution in [1.82, 2.24) is 9.47 Å². The fourth-order valence-electron chi connectivity index (χ4n) is 5.37. The minimum absolute atomic E-state index is 0.00151. The molecule has 3 rings (SSSR count). The summed E-state index contributed by atoms with van der Waals surface area (Å²) in [5.74, 6) is -5.55. The van der Waals surface area contributed by atoms with Crippen molar-refractivity contribution in [1.29, 1.82) is 0 Å². The van der Waals surface area contributed by atoms with Gasteiger partial charge in [-0.05, 0) is 106 Å². The molecule has 0 spiro atoms. The molecule has 1 aromatic heterocycles. The molecule has 292 valence electrons. The fourth-order valence-corrected chi connectivity index (χ4v) is 5.37. The van der Waals surface area contributed by atoms with Crippen LogP contribution in [0.3, 0.4) is 0 Å². The minimum atomic E-state index is -4.88. The van der Waals surface area contributed by atoms with E-state index in [-0.39, 0.29) is 41.2 Å². The van der Waals surface area contributed by atoms with Crippen molar-refractivity contribution in [3.05, 3.63) is 110 Å². The molecule has 1 atom stereocenters. The summed E-state index contributed by atoms with van der Waals surface area (Å²) in [4.78, 5) is 37.2. The first-order valence-electron chi connectivity index (χ1n) is 16.5. The van der Waals surface area contributed by atoms with Gasteiger partial charge >= 0.3 is 18.3 Å². The highest BCUT2D eigenvalue weighted by Crippen LogP contribution is 2.37. The van der Waals surface area contributed by atoms with Gasteiger partial charge in [-0.1, -0.05) is 20.4 Å². The van der Waals surface area contributed by atoms with Crippen LogP contribution in [0.4, 0.5) is 39.5 Å². The van der Waals surface area contributed by atoms with E-state index in [0.29, 0.717) is 37.3 Å². The van der Waals surface area contributed by atoms with Crippen molar-refractivity contribution in [3.63, 3.8) is 0 Å². The molecule has 0 saturated carbocycles. The first-order valence-corrected chi connectivity index (χ1v) is 16.5. The number of primary amides is 1. The van der Waals surface area contributed by atoms with Crippen LogP contribution in [0.25, 0.3) is 5.57 Å². The maximum atomic E-state index is 14.7. The van der Waals surface area contributed by atoms with Gasteiger partial charge in [-0.15, -0.1) is 0 Å². The molecular formula is C37H42F9N3O4. The SMILES string of the molecule is C=C(\C=C(/C(F)=C(F)/C=C\C(=O)OCC)c1c(C)cc(F)cc1C)C(F)(F)F.CC(C)CC(C(N)=O)n1cc(CCN2CCC2)c(C(F)(F)F)cc1=O. The second-order valence-electron chi connectivity index (χ2n) is 12.7. The predicted octanol–water partition coefficient (Wildman–Crippen LogP) is 8.40. The van der Waals surface area contributed by atoms with Gasteiger partial charge in [0.05, 0.1) is 12.2 Å². The standard InChI is InChI=1S/C20H18F6O2.C17H24F3N3O2/c1-5-28-17(27)7-6-16(22)19(23)15(10-13(4)20(24,25)26)18-11(2)8-14(21)9-12(18)3;1-11(2)8-14(16(21)25)23-10-12(4-7-22-5-3-6-22)13(9-15(23)24)17(18,19)20/h6-10H,4-5H2,1-3H3;9-11,14H,3-8H2,1-2H3,(H2,21,25)/b7-6-,15-10-,19-16+;. The Balaban J connectivity index is 0.000000369. The Morgan fingerprint density at radius 2 is 1.60 bits per heavy atom. The zero-order valence-electron chi connectivity index (χ0n) is 29.9. The number of carbonyl (C=O) groups excluding carboxylic acids is 2. The van der Waals surface area contributed by atoms with Crippen molar-refractivity contribution in [2.24, 2.45) is 11.7 Å². The van der Waals surface area contributed by atoms with Gasteiger partial charge in [0, 0.05) is 36.0 Å². The van der Waals surface area contributed by atoms with Crippen molar-refractivity contribution >= 4 is 17.4 Å². The molecule has 2 aromatic rings. The Kier molecular flexibility index (Phi) is 15.9. The van der Waals surface area contributed by atoms with Crippen molar-refractivity contribution in [2.45, 2.75) is 72.3 Å². The molecule has 0 aliphatic carbocycles. The Labute approximate surface area is 301 Å². The van der Waals surface area contributed by atoms with Crippen molar-refractivity contribution in [3.8, 4) is 0 Å². The van der Waals surface area contributed by atoms with Crippen LogP contribution in [-0.4, -0.2) is 53.8 Å². The lowest BCUT2D eigenvalue weighted by atomic mass is 9.92. The number of allylic oxidation sites excluding steroid dienone is 6. The highest BCUT2D eigenvalue weighted by Gasteiger charge is 2.35. The molecule has 1 amide bonds. The molecule has 1 aromatic carbocycles. The number of alkyl halides is 6. The Hall–Kier alpha value is -4.60. The van der Waals surface area contributed by atoms with E-state index in [1.54, 1.807) is 0 Å². The largest absolute Gasteiger partial charge is 0.463 e. The molecule has 0 radical (unpaired) electrons. The van der Waals surface area contributed by atoms with Gasteiger partial charge in [-0.25, -0.2) is 18.0 Å². The van der Waals surface area contributed by atoms with Crippen LogP contribution in [0.1, 0.15) is 67.5 Å². The summed E-state index contributed by atoms with van der Waals surface area (Å²) in [6, 6.07) is 1.59. The molecule has 1 saturated heterocycles. The number of nitrogens with zero attached hydrogens (tertiary/aromatic N) is 2. The Bertz CT molecular complexity index is 1780. The smallest absolute Gasteiger partial charge is 0.416 e. The number of likely N-dealkylation sites (tertiary alicyclic amines) is 1. The van der Waals surface area contributed by atoms with Crippen LogP contribution in [0.2, 0.25) is 0 Å². The van der Waals surface area contributed by atoms with E-state index < -0.39 is 70.0 Å². The Morgan fingerprint density at radius 1 is 1.02 bits per heavy atom. The molecule has 0 bridgehead atoms. The summed E-state index contributed by atoms with van der Waals surface area (Å²) < 4.78 is 127. The van der Waals surface area contributed by atoms with E-state index in [9.17, 15) is 53.9 Å². The minimum Gasteiger partial charge on any atom is -0.463 e. The van der Waals surface area contributed by atoms with Gasteiger partial charge < -0.3 is 19.9 Å². The lowest BCUT2D eigenvalue weighted by Crippen LogP contribution is -2.39. The summed E-state index contributed by atoms with van der Waals surface area (Å²) in [6.45, 7) is 13.0. The number of aromatic nitrogens is 1. The Morgan fingerprint density at radius 3 is 2.06 bits per heavy atom. The number of aryl methyl sites for hydroxylation is 2. The van der Waals surface area contributed by atoms with Gasteiger partial charge in [-0.3, -0.25) is 9.59 Å². The van der Waals surface area contributed by atoms with E-state index in [1.807, 2.05) is 13.8 Å². The molecule has 2 heterocycles. The van der Waals surface area contributed by atoms with Crippen molar-refractivity contribution in [2.75, 3.05) is 26.2 Å². The van der Waals surface area contributed by atoms with Crippen LogP contribution < -0.4 is 11.3 Å². The van der Waals surface area contributed by atoms with Crippen LogP contribution >= 0.6 is 0 Å². The summed E-state index contributed by atoms with van der Waals surface area (Å²) in [6.07, 6.45) is -5.45. The van der Waals surface area contributed by atoms with E-state index in [1.165, 1.54) is 27.0 Å². The lowest BCUT2D eigenvalue weighted by Gasteiger charge is -2.31. The quantitative estimate of drug-likeness (QED) is 0.0958. The summed E-state index contributed by atoms with van der Waals surface area (Å²) in [5, 5.41) is 0. The zero-order chi connectivity index (χ0) is 40.4. The summed E-state index contributed by atoms with van der Waals surface area (Å²) in [5.41, 5.74) is 1.48. The number of amides is 1. The maximum Gasteiger partial charge on any atom is 0.416 e. The monoisotopic (exact) mass is 763 g/mol. The van der Waals surface area contributed by atoms with E-state index in [4.69, 9.17) is 5.73 Å². The number of nitrogens with two attached hydrogens (primary N) is 1. The van der Waals surface area contributed by atoms with E-state index >= 15 is 0 Å². The van der Waals surface area contributed by atoms with Crippen LogP contribution in [0, 0.1) is 25.6 Å². The highest BCUT2D eigenvalue weighted by molar-refractivity contribution is 5.85. The number of halogens is 9. The second-order valence-corrected chi connectivity index (χ2v) is 12.7. The first-order chi connectivity index (χ1) is 24.5. The number of benzene rings is 1. The molecular weight excluding hydrogens is 721 g/mol. The maximum absolute atomic E-state index is 14.7. The molecule has 1 aliphatic rings. The molecule has 1 aliphatic heterocycles. The molecule has 16 heteroatoms. The molecule has 1 fully saturated rings. The number of hydrogen-bond donors (Lipinski definition) is 1. The van der Waals surface area contributed by atoms with Crippen LogP contribution in [0.5, 0.6) is 0 Å². The normalized spacial score (nSPS) is 15.0. The second kappa shape index (κ2) is 18.9. The highest BCUT2D eigenvalue weighted by atomic mass is 19.4. The predicted molar refractivity (Wildman–Crippen MR) is 182 cm³/mol. The fraction of sp³-hybridized carbons (Fsp3) is 0.432. The molecule has 7 nitrogen and oxygen atoms in total. The van der Waals surface area contributed by atoms with Gasteiger partial charge in [0.25, 0.3) is 5.56 Å². The third kappa shape index (κ3) is 13.1. The number of ether oxygens (including phenoxy) is 1. The zero-order valence-corrected chi connectivity index (χ0v) is 29.9. The number of esters is 1. The molecule has 2 N–H and O–H groups in total. The van der Waals surface area contributed by atoms with Gasteiger partial charge in [0.15, 0.2) is 11.7 Å². The topological polar surface area (TPSA) is 94.6 Å². The lowest BCUT2D eigenvalue weighted by molar-refractivity contribution is -0.138. The van der Waals surface area contributed by atoms with E-state index in [2.05, 4.69) is 16.2 Å². The number of rotatable bonds is 13. The molecule has 1 unspecified atom stereocenters. The van der Waals surface area contributed by atoms with Gasteiger partial charge in [0.2, 0.25) is 5.91 Å². The van der Waals surface area contributed by atoms with Crippen LogP contribution in [0.15, 0.2) is 71.2 Å². The molecule has 53 heavy (non-hydrogen) atoms. The number of carbonyl (C=O) groups is 2. The average molecular weight is 764 g/mol. The van der Waals surface area contributed by atoms with Gasteiger partial charge in [-0.2, -0.15) is 26.3 Å². The van der Waals surface area contributed by atoms with Crippen molar-refractivity contribution < 1.29 is 53.8 Å². The summed E-state index contributed by atoms with van der Waals surface area (Å²) in [7, 11) is 0. The number of hydrogen-bond acceptors (Lipinski definition) is 5. The average Bonchev–Trinajstić information content (AvgIpc) is 3.00. The van der Waals surface area contributed by atoms with Crippen LogP contribution in [-0.2, 0) is 26.9 Å². The first kappa shape index (κ1) is 44.6. The van der Waals surface area contributed by atoms with Gasteiger partial charge in [0.1, 0.15) is 11.9 Å². The van der Waals surface area contributed by atoms with E-state index in [0.717, 1.165) is 36.2 Å². The summed E-state index contributed by atoms with van der Waals surface area (Å²) >= 11 is 0. The third-order valence-electron chi connectivity index (χ3n) is 8.02. The third-order valence-corrected chi connectivity index (χ3v) is 8.02. The number of pyridine rings is 1.